The molecule has 0 saturated carbocycles. The van der Waals surface area contributed by atoms with Crippen molar-refractivity contribution >= 4 is 36.0 Å². The molecule has 356 valence electrons. The smallest absolute Gasteiger partial charge is 0.308 e. The maximum absolute atomic E-state index is 13.6. The number of oxazole rings is 3. The molecule has 0 radical (unpaired) electrons. The van der Waals surface area contributed by atoms with Crippen molar-refractivity contribution in [3.63, 3.8) is 0 Å². The molecule has 0 aliphatic carbocycles. The third-order valence-electron chi connectivity index (χ3n) is 11.8. The van der Waals surface area contributed by atoms with Gasteiger partial charge < -0.3 is 46.9 Å². The van der Waals surface area contributed by atoms with Crippen LogP contribution in [0, 0.1) is 29.6 Å². The summed E-state index contributed by atoms with van der Waals surface area (Å²) in [6.07, 6.45) is 10.8. The molecule has 4 rings (SSSR count). The van der Waals surface area contributed by atoms with Crippen molar-refractivity contribution in [2.75, 3.05) is 28.4 Å². The van der Waals surface area contributed by atoms with E-state index in [-0.39, 0.29) is 66.8 Å². The number of fused-ring (bicyclic) bond motifs is 8. The topological polar surface area (TPSA) is 233 Å². The summed E-state index contributed by atoms with van der Waals surface area (Å²) < 4.78 is 46.2. The van der Waals surface area contributed by atoms with E-state index in [1.165, 1.54) is 49.9 Å². The second kappa shape index (κ2) is 25.2. The lowest BCUT2D eigenvalue weighted by molar-refractivity contribution is -0.159. The predicted octanol–water partition coefficient (Wildman–Crippen LogP) is 6.75. The van der Waals surface area contributed by atoms with Gasteiger partial charge >= 0.3 is 11.9 Å². The maximum atomic E-state index is 13.6. The number of hydrogen-bond donors (Lipinski definition) is 1. The molecule has 1 unspecified atom stereocenters. The first-order valence-corrected chi connectivity index (χ1v) is 21.7. The van der Waals surface area contributed by atoms with Crippen LogP contribution in [0.25, 0.3) is 29.2 Å². The maximum Gasteiger partial charge on any atom is 0.308 e. The molecule has 0 spiro atoms. The fourth-order valence-electron chi connectivity index (χ4n) is 7.67. The largest absolute Gasteiger partial charge is 0.462 e. The lowest BCUT2D eigenvalue weighted by atomic mass is 9.84. The average Bonchev–Trinajstić information content (AvgIpc) is 4.08. The number of allylic oxidation sites excluding steroid dienone is 1. The monoisotopic (exact) mass is 908 g/mol. The van der Waals surface area contributed by atoms with Crippen LogP contribution < -0.4 is 0 Å². The highest BCUT2D eigenvalue weighted by Crippen LogP contribution is 2.32. The molecule has 1 aliphatic rings. The summed E-state index contributed by atoms with van der Waals surface area (Å²) in [5.41, 5.74) is 0.978. The van der Waals surface area contributed by atoms with Crippen LogP contribution in [-0.4, -0.2) is 114 Å². The highest BCUT2D eigenvalue weighted by atomic mass is 16.6. The Morgan fingerprint density at radius 1 is 0.938 bits per heavy atom. The molecule has 18 nitrogen and oxygen atoms in total. The summed E-state index contributed by atoms with van der Waals surface area (Å²) >= 11 is 0. The Morgan fingerprint density at radius 3 is 2.29 bits per heavy atom. The molecule has 18 heteroatoms. The standard InChI is InChI=1S/C47H64N4O14/c1-27(17-18-38(56)29(3)44(64-32(6)53)28(2)19-20-51(7)26-52)40(59-9)22-41-31(5)39(58-8)15-12-16-42-48-35(24-61-42)46-50-36(25-63-46)47-49-34(23-62-47)45(60-10)30(4)37(55)14-11-13-33(54)21-43(57)65-41/h11-12,14,16,19-20,23-31,33,39-41,44-45,54H,13,15,17-18,21-22H2,1-10H3/b14-11+,16-12+,20-19+/t27-,28+,29-,30-,31+,33-,39-,40-,41-,44+,45?/m0/s1. The lowest BCUT2D eigenvalue weighted by Gasteiger charge is -2.34. The summed E-state index contributed by atoms with van der Waals surface area (Å²) in [5, 5.41) is 10.9. The second-order valence-corrected chi connectivity index (χ2v) is 16.7. The van der Waals surface area contributed by atoms with E-state index in [1.54, 1.807) is 53.5 Å². The number of methoxy groups -OCH3 is 3. The number of nitrogens with zero attached hydrogens (tertiary/aromatic N) is 4. The van der Waals surface area contributed by atoms with Crippen LogP contribution in [0.5, 0.6) is 0 Å². The van der Waals surface area contributed by atoms with Crippen LogP contribution >= 0.6 is 0 Å². The molecule has 3 aromatic heterocycles. The van der Waals surface area contributed by atoms with E-state index in [0.717, 1.165) is 0 Å². The number of ether oxygens (including phenoxy) is 5. The summed E-state index contributed by atoms with van der Waals surface area (Å²) in [5.74, 6) is -3.32. The Labute approximate surface area is 379 Å². The van der Waals surface area contributed by atoms with Gasteiger partial charge in [-0.1, -0.05) is 52.8 Å². The Kier molecular flexibility index (Phi) is 20.2. The van der Waals surface area contributed by atoms with Crippen LogP contribution in [0.15, 0.2) is 62.5 Å². The second-order valence-electron chi connectivity index (χ2n) is 16.7. The van der Waals surface area contributed by atoms with Gasteiger partial charge in [0.25, 0.3) is 0 Å². The number of carbonyl (C=O) groups excluding carboxylic acids is 5. The Morgan fingerprint density at radius 2 is 1.62 bits per heavy atom. The van der Waals surface area contributed by atoms with Gasteiger partial charge in [-0.3, -0.25) is 24.0 Å². The fourth-order valence-corrected chi connectivity index (χ4v) is 7.67. The Bertz CT molecular complexity index is 2100. The molecule has 6 bridgehead atoms. The minimum Gasteiger partial charge on any atom is -0.462 e. The number of rotatable bonds is 16. The van der Waals surface area contributed by atoms with Crippen LogP contribution in [0.2, 0.25) is 0 Å². The molecular formula is C47H64N4O14. The Hall–Kier alpha value is -5.56. The number of ketones is 2. The fraction of sp³-hybridized carbons (Fsp3) is 0.574. The minimum absolute atomic E-state index is 0.00470. The van der Waals surface area contributed by atoms with Gasteiger partial charge in [0.15, 0.2) is 17.2 Å². The van der Waals surface area contributed by atoms with Gasteiger partial charge in [0.1, 0.15) is 48.6 Å². The lowest BCUT2D eigenvalue weighted by Crippen LogP contribution is -2.39. The molecule has 65 heavy (non-hydrogen) atoms. The molecule has 11 atom stereocenters. The van der Waals surface area contributed by atoms with Gasteiger partial charge in [0.05, 0.1) is 36.6 Å². The van der Waals surface area contributed by atoms with Crippen molar-refractivity contribution in [3.8, 4) is 23.2 Å². The molecule has 3 aromatic rings. The van der Waals surface area contributed by atoms with Gasteiger partial charge in [-0.25, -0.2) is 15.0 Å². The van der Waals surface area contributed by atoms with Gasteiger partial charge in [-0.2, -0.15) is 0 Å². The molecular weight excluding hydrogens is 845 g/mol. The molecule has 1 N–H and O–H groups in total. The van der Waals surface area contributed by atoms with Crippen LogP contribution in [0.4, 0.5) is 0 Å². The number of aliphatic hydroxyl groups is 1. The molecule has 4 heterocycles. The molecule has 0 saturated heterocycles. The van der Waals surface area contributed by atoms with Crippen LogP contribution in [0.1, 0.15) is 97.8 Å². The number of aromatic nitrogens is 3. The SMILES string of the molecule is COC1c2coc(n2)-c2coc(n2)-c2coc(n2)/C=C/C[C@H](OC)[C@@H](C)[C@H](C[C@H](OC)[C@@H](C)CCC(=O)[C@H](C)[C@H](OC(C)=O)[C@H](C)/C=C/N(C)C=O)OC(=O)C[C@@H](O)C/C=C/C(=O)[C@@H]1C. The zero-order valence-corrected chi connectivity index (χ0v) is 38.9. The third-order valence-corrected chi connectivity index (χ3v) is 11.8. The van der Waals surface area contributed by atoms with E-state index in [9.17, 15) is 29.1 Å². The van der Waals surface area contributed by atoms with E-state index < -0.39 is 66.3 Å². The quantitative estimate of drug-likeness (QED) is 0.116. The number of Topliss-reactive ketones (excluding diaryl/α,β-unsaturated/α-hetero) is 1. The summed E-state index contributed by atoms with van der Waals surface area (Å²) in [7, 11) is 6.14. The summed E-state index contributed by atoms with van der Waals surface area (Å²) in [6.45, 7) is 10.3. The van der Waals surface area contributed by atoms with Gasteiger partial charge in [-0.05, 0) is 37.3 Å². The Balaban J connectivity index is 1.55. The van der Waals surface area contributed by atoms with Gasteiger partial charge in [0, 0.05) is 66.2 Å². The first kappa shape index (κ1) is 52.1. The number of amides is 1. The number of esters is 2. The average molecular weight is 909 g/mol. The minimum atomic E-state index is -1.16. The molecule has 1 amide bonds. The van der Waals surface area contributed by atoms with E-state index in [1.807, 2.05) is 26.8 Å². The summed E-state index contributed by atoms with van der Waals surface area (Å²) in [4.78, 5) is 78.2. The highest BCUT2D eigenvalue weighted by Gasteiger charge is 2.35. The highest BCUT2D eigenvalue weighted by molar-refractivity contribution is 5.92. The number of aliphatic hydroxyl groups excluding tert-OH is 1. The van der Waals surface area contributed by atoms with Crippen molar-refractivity contribution in [2.45, 2.75) is 117 Å². The van der Waals surface area contributed by atoms with E-state index in [2.05, 4.69) is 15.0 Å². The van der Waals surface area contributed by atoms with E-state index in [0.29, 0.717) is 36.3 Å². The van der Waals surface area contributed by atoms with Gasteiger partial charge in [0.2, 0.25) is 24.1 Å². The van der Waals surface area contributed by atoms with E-state index >= 15 is 0 Å². The normalized spacial score (nSPS) is 24.7. The first-order chi connectivity index (χ1) is 31.0. The predicted molar refractivity (Wildman–Crippen MR) is 235 cm³/mol. The molecule has 0 aromatic carbocycles. The first-order valence-electron chi connectivity index (χ1n) is 21.7. The van der Waals surface area contributed by atoms with Crippen molar-refractivity contribution in [2.24, 2.45) is 29.6 Å². The van der Waals surface area contributed by atoms with Crippen LogP contribution in [-0.2, 0) is 47.7 Å². The van der Waals surface area contributed by atoms with Crippen molar-refractivity contribution < 1.29 is 66.0 Å². The third kappa shape index (κ3) is 15.0. The van der Waals surface area contributed by atoms with Crippen molar-refractivity contribution in [3.05, 3.63) is 60.9 Å². The number of hydrogen-bond acceptors (Lipinski definition) is 17. The number of carbonyl (C=O) groups is 5. The van der Waals surface area contributed by atoms with Crippen molar-refractivity contribution in [1.82, 2.24) is 19.9 Å². The van der Waals surface area contributed by atoms with Crippen LogP contribution in [0.3, 0.4) is 0 Å². The molecule has 0 fully saturated rings. The molecule has 1 aliphatic heterocycles. The van der Waals surface area contributed by atoms with Crippen molar-refractivity contribution in [1.29, 1.82) is 0 Å². The summed E-state index contributed by atoms with van der Waals surface area (Å²) in [6, 6.07) is 0. The zero-order valence-electron chi connectivity index (χ0n) is 38.9. The van der Waals surface area contributed by atoms with E-state index in [4.69, 9.17) is 36.9 Å². The zero-order chi connectivity index (χ0) is 47.8. The van der Waals surface area contributed by atoms with Gasteiger partial charge in [-0.15, -0.1) is 0 Å². The number of cyclic esters (lactones) is 1.